The molecule has 0 amide bonds. The Kier molecular flexibility index (Phi) is 6.48. The van der Waals surface area contributed by atoms with Gasteiger partial charge in [0.1, 0.15) is 5.75 Å². The molecule has 0 radical (unpaired) electrons. The standard InChI is InChI=1S/C24H26ClN3O4/c1-15(2)31-20-8-5-17(13-19(20)25)22-27-23(32-28-22)16-3-6-18(7-4-16)24(10-11-24)14-26-12-9-21(29)30/h3-8,13,15,26H,9-12,14H2,1-2H3,(H,29,30). The Morgan fingerprint density at radius 2 is 1.94 bits per heavy atom. The molecule has 168 valence electrons. The minimum absolute atomic E-state index is 0.0356. The molecule has 0 bridgehead atoms. The molecule has 8 heteroatoms. The second-order valence-electron chi connectivity index (χ2n) is 8.41. The number of rotatable bonds is 10. The van der Waals surface area contributed by atoms with Crippen LogP contribution in [0.2, 0.25) is 5.02 Å². The molecule has 2 aromatic carbocycles. The van der Waals surface area contributed by atoms with Crippen molar-refractivity contribution in [3.05, 3.63) is 53.1 Å². The van der Waals surface area contributed by atoms with Gasteiger partial charge in [-0.15, -0.1) is 0 Å². The van der Waals surface area contributed by atoms with Crippen molar-refractivity contribution in [3.8, 4) is 28.6 Å². The Morgan fingerprint density at radius 3 is 2.56 bits per heavy atom. The van der Waals surface area contributed by atoms with Gasteiger partial charge in [0.25, 0.3) is 5.89 Å². The Morgan fingerprint density at radius 1 is 1.22 bits per heavy atom. The van der Waals surface area contributed by atoms with E-state index in [1.165, 1.54) is 5.56 Å². The van der Waals surface area contributed by atoms with Gasteiger partial charge in [0, 0.05) is 29.6 Å². The summed E-state index contributed by atoms with van der Waals surface area (Å²) in [6.07, 6.45) is 2.35. The average molecular weight is 456 g/mol. The Labute approximate surface area is 191 Å². The maximum atomic E-state index is 10.7. The van der Waals surface area contributed by atoms with Gasteiger partial charge in [0.05, 0.1) is 17.5 Å². The van der Waals surface area contributed by atoms with Crippen molar-refractivity contribution in [2.75, 3.05) is 13.1 Å². The van der Waals surface area contributed by atoms with Gasteiger partial charge in [-0.3, -0.25) is 4.79 Å². The monoisotopic (exact) mass is 455 g/mol. The highest BCUT2D eigenvalue weighted by Gasteiger charge is 2.43. The number of hydrogen-bond donors (Lipinski definition) is 2. The van der Waals surface area contributed by atoms with E-state index in [0.717, 1.165) is 30.5 Å². The molecule has 1 fully saturated rings. The molecule has 1 aliphatic carbocycles. The molecule has 32 heavy (non-hydrogen) atoms. The molecule has 0 aliphatic heterocycles. The number of benzene rings is 2. The van der Waals surface area contributed by atoms with Crippen molar-refractivity contribution in [2.24, 2.45) is 0 Å². The number of hydrogen-bond acceptors (Lipinski definition) is 6. The van der Waals surface area contributed by atoms with Gasteiger partial charge >= 0.3 is 5.97 Å². The van der Waals surface area contributed by atoms with Gasteiger partial charge < -0.3 is 19.7 Å². The van der Waals surface area contributed by atoms with E-state index in [4.69, 9.17) is 26.0 Å². The summed E-state index contributed by atoms with van der Waals surface area (Å²) in [6, 6.07) is 13.6. The van der Waals surface area contributed by atoms with Crippen LogP contribution in [0.3, 0.4) is 0 Å². The summed E-state index contributed by atoms with van der Waals surface area (Å²) >= 11 is 6.33. The van der Waals surface area contributed by atoms with Crippen LogP contribution in [0.1, 0.15) is 38.7 Å². The van der Waals surface area contributed by atoms with E-state index in [2.05, 4.69) is 27.6 Å². The topological polar surface area (TPSA) is 97.5 Å². The zero-order chi connectivity index (χ0) is 22.7. The predicted molar refractivity (Wildman–Crippen MR) is 122 cm³/mol. The number of aromatic nitrogens is 2. The molecular formula is C24H26ClN3O4. The van der Waals surface area contributed by atoms with Crippen LogP contribution in [0.4, 0.5) is 0 Å². The minimum Gasteiger partial charge on any atom is -0.489 e. The van der Waals surface area contributed by atoms with Gasteiger partial charge in [-0.25, -0.2) is 0 Å². The third kappa shape index (κ3) is 5.11. The lowest BCUT2D eigenvalue weighted by molar-refractivity contribution is -0.136. The molecule has 0 unspecified atom stereocenters. The third-order valence-corrected chi connectivity index (χ3v) is 5.85. The third-order valence-electron chi connectivity index (χ3n) is 5.56. The van der Waals surface area contributed by atoms with Crippen LogP contribution in [-0.2, 0) is 10.2 Å². The van der Waals surface area contributed by atoms with Gasteiger partial charge in [0.2, 0.25) is 5.82 Å². The van der Waals surface area contributed by atoms with E-state index < -0.39 is 5.97 Å². The molecule has 1 saturated carbocycles. The summed E-state index contributed by atoms with van der Waals surface area (Å²) < 4.78 is 11.1. The van der Waals surface area contributed by atoms with Crippen molar-refractivity contribution in [3.63, 3.8) is 0 Å². The molecule has 1 heterocycles. The molecule has 0 atom stereocenters. The minimum atomic E-state index is -0.785. The number of carboxylic acid groups (broad SMARTS) is 1. The summed E-state index contributed by atoms with van der Waals surface area (Å²) in [5, 5.41) is 16.6. The SMILES string of the molecule is CC(C)Oc1ccc(-c2noc(-c3ccc(C4(CNCCC(=O)O)CC4)cc3)n2)cc1Cl. The number of aliphatic carboxylic acids is 1. The van der Waals surface area contributed by atoms with Gasteiger partial charge in [0.15, 0.2) is 0 Å². The first-order valence-electron chi connectivity index (χ1n) is 10.7. The molecule has 1 aromatic heterocycles. The van der Waals surface area contributed by atoms with Gasteiger partial charge in [-0.2, -0.15) is 4.98 Å². The number of ether oxygens (including phenoxy) is 1. The molecule has 4 rings (SSSR count). The van der Waals surface area contributed by atoms with Crippen LogP contribution in [0.5, 0.6) is 5.75 Å². The predicted octanol–water partition coefficient (Wildman–Crippen LogP) is 4.94. The van der Waals surface area contributed by atoms with E-state index in [9.17, 15) is 4.79 Å². The number of carboxylic acids is 1. The van der Waals surface area contributed by atoms with Crippen molar-refractivity contribution >= 4 is 17.6 Å². The zero-order valence-electron chi connectivity index (χ0n) is 18.1. The van der Waals surface area contributed by atoms with Crippen LogP contribution < -0.4 is 10.1 Å². The van der Waals surface area contributed by atoms with Crippen LogP contribution in [-0.4, -0.2) is 40.4 Å². The molecule has 0 spiro atoms. The Hall–Kier alpha value is -2.90. The highest BCUT2D eigenvalue weighted by atomic mass is 35.5. The maximum absolute atomic E-state index is 10.7. The van der Waals surface area contributed by atoms with Crippen molar-refractivity contribution in [2.45, 2.75) is 44.6 Å². The quantitative estimate of drug-likeness (QED) is 0.418. The summed E-state index contributed by atoms with van der Waals surface area (Å²) in [5.74, 6) is 0.738. The lowest BCUT2D eigenvalue weighted by Crippen LogP contribution is -2.28. The second kappa shape index (κ2) is 9.30. The van der Waals surface area contributed by atoms with E-state index in [0.29, 0.717) is 29.0 Å². The highest BCUT2D eigenvalue weighted by molar-refractivity contribution is 6.32. The lowest BCUT2D eigenvalue weighted by atomic mass is 9.95. The van der Waals surface area contributed by atoms with Crippen LogP contribution in [0.25, 0.3) is 22.8 Å². The first-order chi connectivity index (χ1) is 15.4. The van der Waals surface area contributed by atoms with E-state index >= 15 is 0 Å². The first-order valence-corrected chi connectivity index (χ1v) is 11.1. The fraction of sp³-hybridized carbons (Fsp3) is 0.375. The molecule has 3 aromatic rings. The normalized spacial score (nSPS) is 14.5. The number of nitrogens with zero attached hydrogens (tertiary/aromatic N) is 2. The number of nitrogens with one attached hydrogen (secondary N) is 1. The Bertz CT molecular complexity index is 1090. The molecule has 1 aliphatic rings. The summed E-state index contributed by atoms with van der Waals surface area (Å²) in [5.41, 5.74) is 2.92. The van der Waals surface area contributed by atoms with Crippen molar-refractivity contribution in [1.82, 2.24) is 15.5 Å². The van der Waals surface area contributed by atoms with Gasteiger partial charge in [-0.05, 0) is 62.6 Å². The Balaban J connectivity index is 1.44. The van der Waals surface area contributed by atoms with E-state index in [1.807, 2.05) is 38.1 Å². The molecular weight excluding hydrogens is 430 g/mol. The molecule has 7 nitrogen and oxygen atoms in total. The highest BCUT2D eigenvalue weighted by Crippen LogP contribution is 2.47. The van der Waals surface area contributed by atoms with E-state index in [-0.39, 0.29) is 17.9 Å². The summed E-state index contributed by atoms with van der Waals surface area (Å²) in [4.78, 5) is 15.2. The first kappa shape index (κ1) is 22.3. The summed E-state index contributed by atoms with van der Waals surface area (Å²) in [7, 11) is 0. The van der Waals surface area contributed by atoms with Crippen LogP contribution in [0.15, 0.2) is 47.0 Å². The zero-order valence-corrected chi connectivity index (χ0v) is 18.9. The lowest BCUT2D eigenvalue weighted by Gasteiger charge is -2.16. The number of halogens is 1. The smallest absolute Gasteiger partial charge is 0.304 e. The summed E-state index contributed by atoms with van der Waals surface area (Å²) in [6.45, 7) is 5.15. The fourth-order valence-electron chi connectivity index (χ4n) is 3.66. The van der Waals surface area contributed by atoms with Crippen molar-refractivity contribution in [1.29, 1.82) is 0 Å². The molecule has 0 saturated heterocycles. The average Bonchev–Trinajstić information content (AvgIpc) is 3.39. The van der Waals surface area contributed by atoms with Crippen LogP contribution in [0, 0.1) is 0 Å². The largest absolute Gasteiger partial charge is 0.489 e. The van der Waals surface area contributed by atoms with Gasteiger partial charge in [-0.1, -0.05) is 28.9 Å². The van der Waals surface area contributed by atoms with Crippen LogP contribution >= 0.6 is 11.6 Å². The number of carbonyl (C=O) groups is 1. The van der Waals surface area contributed by atoms with E-state index in [1.54, 1.807) is 6.07 Å². The fourth-order valence-corrected chi connectivity index (χ4v) is 3.88. The second-order valence-corrected chi connectivity index (χ2v) is 8.82. The molecule has 2 N–H and O–H groups in total. The van der Waals surface area contributed by atoms with Crippen molar-refractivity contribution < 1.29 is 19.2 Å². The maximum Gasteiger partial charge on any atom is 0.304 e.